The molecule has 2 aliphatic carbocycles. The number of urea groups is 1. The van der Waals surface area contributed by atoms with E-state index in [2.05, 4.69) is 36.3 Å². The summed E-state index contributed by atoms with van der Waals surface area (Å²) >= 11 is 3.59. The molecule has 2 aliphatic heterocycles. The zero-order valence-electron chi connectivity index (χ0n) is 32.1. The Kier molecular flexibility index (Phi) is 11.6. The smallest absolute Gasteiger partial charge is 0.317 e. The van der Waals surface area contributed by atoms with Gasteiger partial charge in [0.1, 0.15) is 35.2 Å². The summed E-state index contributed by atoms with van der Waals surface area (Å²) in [5.74, 6) is -1.05. The summed E-state index contributed by atoms with van der Waals surface area (Å²) in [6.45, 7) is 5.33. The molecule has 6 rings (SSSR count). The zero-order valence-corrected chi connectivity index (χ0v) is 34.5. The highest BCUT2D eigenvalue weighted by Gasteiger charge is 2.63. The minimum Gasteiger partial charge on any atom is -0.495 e. The molecule has 2 aromatic rings. The van der Waals surface area contributed by atoms with Crippen molar-refractivity contribution < 1.29 is 41.8 Å². The molecule has 3 heterocycles. The number of rotatable bonds is 9. The van der Waals surface area contributed by atoms with Gasteiger partial charge in [-0.2, -0.15) is 0 Å². The van der Waals surface area contributed by atoms with E-state index in [-0.39, 0.29) is 25.5 Å². The van der Waals surface area contributed by atoms with Crippen LogP contribution in [0.5, 0.6) is 17.4 Å². The van der Waals surface area contributed by atoms with Crippen LogP contribution in [0.1, 0.15) is 78.6 Å². The highest BCUT2D eigenvalue weighted by molar-refractivity contribution is 9.10. The number of ether oxygens (including phenoxy) is 3. The summed E-state index contributed by atoms with van der Waals surface area (Å²) in [4.78, 5) is 63.2. The van der Waals surface area contributed by atoms with E-state index in [9.17, 15) is 27.6 Å². The molecular weight excluding hydrogens is 796 g/mol. The van der Waals surface area contributed by atoms with Crippen molar-refractivity contribution in [1.29, 1.82) is 0 Å². The number of aromatic nitrogens is 1. The van der Waals surface area contributed by atoms with Crippen molar-refractivity contribution in [2.45, 2.75) is 113 Å². The first-order valence-corrected chi connectivity index (χ1v) is 21.1. The van der Waals surface area contributed by atoms with Crippen molar-refractivity contribution >= 4 is 60.6 Å². The van der Waals surface area contributed by atoms with Gasteiger partial charge in [0, 0.05) is 37.9 Å². The van der Waals surface area contributed by atoms with Crippen molar-refractivity contribution in [2.75, 3.05) is 27.7 Å². The van der Waals surface area contributed by atoms with E-state index in [1.54, 1.807) is 46.3 Å². The quantitative estimate of drug-likeness (QED) is 0.310. The van der Waals surface area contributed by atoms with Gasteiger partial charge in [-0.1, -0.05) is 25.0 Å². The van der Waals surface area contributed by atoms with E-state index in [0.717, 1.165) is 12.8 Å². The lowest BCUT2D eigenvalue weighted by molar-refractivity contribution is -0.141. The number of nitrogens with one attached hydrogen (secondary N) is 3. The van der Waals surface area contributed by atoms with Gasteiger partial charge in [0.2, 0.25) is 27.7 Å². The van der Waals surface area contributed by atoms with E-state index in [4.69, 9.17) is 14.2 Å². The van der Waals surface area contributed by atoms with E-state index in [1.165, 1.54) is 9.80 Å². The normalized spacial score (nSPS) is 26.5. The maximum absolute atomic E-state index is 14.5. The number of pyridine rings is 1. The van der Waals surface area contributed by atoms with Crippen molar-refractivity contribution in [3.63, 3.8) is 0 Å². The van der Waals surface area contributed by atoms with Crippen LogP contribution in [0.15, 0.2) is 34.8 Å². The maximum atomic E-state index is 14.5. The highest BCUT2D eigenvalue weighted by Crippen LogP contribution is 2.48. The van der Waals surface area contributed by atoms with Crippen molar-refractivity contribution in [3.05, 3.63) is 34.8 Å². The van der Waals surface area contributed by atoms with Crippen LogP contribution in [0.3, 0.4) is 0 Å². The molecule has 1 aromatic carbocycles. The second kappa shape index (κ2) is 15.8. The number of nitrogens with zero attached hydrogens (tertiary/aromatic N) is 3. The number of sulfonamides is 1. The summed E-state index contributed by atoms with van der Waals surface area (Å²) < 4.78 is 46.2. The molecule has 0 spiro atoms. The maximum Gasteiger partial charge on any atom is 0.317 e. The van der Waals surface area contributed by atoms with Gasteiger partial charge >= 0.3 is 6.03 Å². The molecule has 0 radical (unpaired) electrons. The lowest BCUT2D eigenvalue weighted by Crippen LogP contribution is -2.59. The Labute approximate surface area is 330 Å². The summed E-state index contributed by atoms with van der Waals surface area (Å²) in [6, 6.07) is 2.75. The summed E-state index contributed by atoms with van der Waals surface area (Å²) in [6.07, 6.45) is 7.32. The fourth-order valence-electron chi connectivity index (χ4n) is 7.15. The van der Waals surface area contributed by atoms with E-state index >= 15 is 0 Å². The first-order valence-electron chi connectivity index (χ1n) is 18.8. The zero-order chi connectivity index (χ0) is 39.9. The van der Waals surface area contributed by atoms with Gasteiger partial charge in [-0.05, 0) is 87.4 Å². The third-order valence-electron chi connectivity index (χ3n) is 10.9. The Balaban J connectivity index is 1.35. The largest absolute Gasteiger partial charge is 0.495 e. The Bertz CT molecular complexity index is 1990. The molecule has 0 bridgehead atoms. The molecule has 1 aromatic heterocycles. The Morgan fingerprint density at radius 1 is 1.13 bits per heavy atom. The molecule has 5 amide bonds. The molecule has 300 valence electrons. The molecule has 55 heavy (non-hydrogen) atoms. The van der Waals surface area contributed by atoms with Gasteiger partial charge < -0.3 is 34.6 Å². The lowest BCUT2D eigenvalue weighted by atomic mass is 10.0. The number of fused-ring (bicyclic) bond motifs is 3. The van der Waals surface area contributed by atoms with Gasteiger partial charge in [0.25, 0.3) is 5.91 Å². The number of carbonyl (C=O) groups is 4. The van der Waals surface area contributed by atoms with Crippen molar-refractivity contribution in [3.8, 4) is 17.4 Å². The van der Waals surface area contributed by atoms with Gasteiger partial charge in [0.15, 0.2) is 0 Å². The third kappa shape index (κ3) is 8.52. The molecule has 15 nitrogen and oxygen atoms in total. The van der Waals surface area contributed by atoms with Crippen LogP contribution in [-0.4, -0.2) is 109 Å². The summed E-state index contributed by atoms with van der Waals surface area (Å²) in [7, 11) is 0.722. The minimum absolute atomic E-state index is 0.0119. The first-order chi connectivity index (χ1) is 26.0. The monoisotopic (exact) mass is 846 g/mol. The van der Waals surface area contributed by atoms with Crippen molar-refractivity contribution in [2.24, 2.45) is 5.92 Å². The molecule has 5 atom stereocenters. The van der Waals surface area contributed by atoms with Gasteiger partial charge in [-0.25, -0.2) is 18.2 Å². The van der Waals surface area contributed by atoms with Gasteiger partial charge in [0.05, 0.1) is 34.5 Å². The number of hydrogen-bond donors (Lipinski definition) is 3. The second-order valence-electron chi connectivity index (χ2n) is 15.7. The Hall–Kier alpha value is -4.12. The Morgan fingerprint density at radius 2 is 1.87 bits per heavy atom. The SMILES string of the molecule is COc1ccc2c(O[C@@H]3C[C@H]4C(=O)N[C@]5(C(=O)NS(=O)(=O)C6(C)CC6)C[C@H]5C=CCCCCC[C@H](NC(=O)N(C)C)C(=O)N4C3)cc(OC(C)C)nc2c1Br. The molecule has 3 N–H and O–H groups in total. The number of hydrogen-bond acceptors (Lipinski definition) is 10. The molecule has 1 saturated heterocycles. The van der Waals surface area contributed by atoms with Crippen LogP contribution < -0.4 is 29.6 Å². The third-order valence-corrected chi connectivity index (χ3v) is 13.8. The predicted octanol–water partition coefficient (Wildman–Crippen LogP) is 4.17. The molecule has 17 heteroatoms. The van der Waals surface area contributed by atoms with Crippen LogP contribution in [0.2, 0.25) is 0 Å². The topological polar surface area (TPSA) is 186 Å². The number of halogens is 1. The molecule has 2 saturated carbocycles. The van der Waals surface area contributed by atoms with Crippen LogP contribution >= 0.6 is 15.9 Å². The van der Waals surface area contributed by atoms with Gasteiger partial charge in [-0.15, -0.1) is 0 Å². The van der Waals surface area contributed by atoms with E-state index in [0.29, 0.717) is 64.9 Å². The predicted molar refractivity (Wildman–Crippen MR) is 208 cm³/mol. The van der Waals surface area contributed by atoms with E-state index in [1.807, 2.05) is 26.0 Å². The number of allylic oxidation sites excluding steroid dienone is 1. The van der Waals surface area contributed by atoms with Crippen LogP contribution in [0, 0.1) is 5.92 Å². The number of amides is 5. The number of carbonyl (C=O) groups excluding carboxylic acids is 4. The molecular formula is C38H51BrN6O9S. The number of methoxy groups -OCH3 is 1. The average Bonchev–Trinajstić information content (AvgIpc) is 4.00. The minimum atomic E-state index is -3.99. The van der Waals surface area contributed by atoms with Crippen LogP contribution in [-0.2, 0) is 24.4 Å². The molecule has 4 aliphatic rings. The summed E-state index contributed by atoms with van der Waals surface area (Å²) in [5.41, 5.74) is -0.995. The first kappa shape index (κ1) is 40.5. The number of benzene rings is 1. The standard InChI is InChI=1S/C38H51BrN6O9S/c1-22(2)53-30-19-29(25-14-15-28(52-6)31(39)32(25)41-30)54-24-18-27-33(46)42-38(35(48)43-55(50,51)37(3)16-17-37)20-23(38)12-10-8-7-9-11-13-26(34(47)45(27)21-24)40-36(49)44(4)5/h10,12,14-15,19,22-24,26-27H,7-9,11,13,16-18,20-21H2,1-6H3,(H,40,49)(H,42,46)(H,43,48)/t23-,24-,26+,27+,38-/m1/s1. The van der Waals surface area contributed by atoms with Crippen LogP contribution in [0.25, 0.3) is 10.9 Å². The molecule has 3 fully saturated rings. The lowest BCUT2D eigenvalue weighted by Gasteiger charge is -2.30. The second-order valence-corrected chi connectivity index (χ2v) is 18.7. The fraction of sp³-hybridized carbons (Fsp3) is 0.605. The highest BCUT2D eigenvalue weighted by atomic mass is 79.9. The summed E-state index contributed by atoms with van der Waals surface area (Å²) in [5, 5.41) is 6.38. The van der Waals surface area contributed by atoms with E-state index < -0.39 is 68.2 Å². The average molecular weight is 848 g/mol. The van der Waals surface area contributed by atoms with Crippen LogP contribution in [0.4, 0.5) is 4.79 Å². The Morgan fingerprint density at radius 3 is 2.55 bits per heavy atom. The van der Waals surface area contributed by atoms with Crippen molar-refractivity contribution in [1.82, 2.24) is 30.1 Å². The van der Waals surface area contributed by atoms with Gasteiger partial charge in [-0.3, -0.25) is 19.1 Å². The molecule has 0 unspecified atom stereocenters. The fourth-order valence-corrected chi connectivity index (χ4v) is 9.06.